The van der Waals surface area contributed by atoms with Crippen LogP contribution in [0.4, 0.5) is 0 Å². The molecule has 3 heteroatoms. The summed E-state index contributed by atoms with van der Waals surface area (Å²) in [4.78, 5) is 2.48. The van der Waals surface area contributed by atoms with Crippen molar-refractivity contribution in [2.24, 2.45) is 11.8 Å². The molecule has 3 nitrogen and oxygen atoms in total. The van der Waals surface area contributed by atoms with Crippen LogP contribution in [0.25, 0.3) is 0 Å². The van der Waals surface area contributed by atoms with Crippen molar-refractivity contribution in [1.82, 2.24) is 4.90 Å². The van der Waals surface area contributed by atoms with Gasteiger partial charge in [0.15, 0.2) is 0 Å². The van der Waals surface area contributed by atoms with Crippen LogP contribution in [0.1, 0.15) is 37.7 Å². The van der Waals surface area contributed by atoms with Crippen molar-refractivity contribution in [1.29, 1.82) is 0 Å². The van der Waals surface area contributed by atoms with Gasteiger partial charge in [-0.2, -0.15) is 0 Å². The normalized spacial score (nSPS) is 32.9. The maximum absolute atomic E-state index is 9.73. The standard InChI is InChI=1S/C18H25NO2/c20-18-9-14-11-19(12-17(14)18)10-13-5-7-16(8-6-13)21-15-3-1-2-4-15/h5-8,14-15,17-18,20H,1-4,9-12H2/t14-,17+,18+/m1/s1. The van der Waals surface area contributed by atoms with Gasteiger partial charge in [-0.25, -0.2) is 0 Å². The lowest BCUT2D eigenvalue weighted by molar-refractivity contribution is -0.00435. The zero-order valence-corrected chi connectivity index (χ0v) is 12.6. The Bertz CT molecular complexity index is 480. The van der Waals surface area contributed by atoms with E-state index in [0.29, 0.717) is 12.0 Å². The van der Waals surface area contributed by atoms with Crippen molar-refractivity contribution in [2.75, 3.05) is 13.1 Å². The molecule has 1 heterocycles. The van der Waals surface area contributed by atoms with Gasteiger partial charge in [-0.3, -0.25) is 4.90 Å². The summed E-state index contributed by atoms with van der Waals surface area (Å²) in [6.07, 6.45) is 6.45. The molecule has 21 heavy (non-hydrogen) atoms. The maximum atomic E-state index is 9.73. The summed E-state index contributed by atoms with van der Waals surface area (Å²) in [5, 5.41) is 9.73. The number of aliphatic hydroxyl groups is 1. The zero-order chi connectivity index (χ0) is 14.2. The quantitative estimate of drug-likeness (QED) is 0.924. The highest BCUT2D eigenvalue weighted by Crippen LogP contribution is 2.41. The van der Waals surface area contributed by atoms with E-state index in [2.05, 4.69) is 29.2 Å². The van der Waals surface area contributed by atoms with Crippen molar-refractivity contribution >= 4 is 0 Å². The second-order valence-corrected chi connectivity index (χ2v) is 7.09. The van der Waals surface area contributed by atoms with E-state index in [1.54, 1.807) is 0 Å². The van der Waals surface area contributed by atoms with Crippen molar-refractivity contribution in [2.45, 2.75) is 50.9 Å². The summed E-state index contributed by atoms with van der Waals surface area (Å²) in [6.45, 7) is 3.22. The Balaban J connectivity index is 1.31. The summed E-state index contributed by atoms with van der Waals surface area (Å²) in [5.74, 6) is 2.29. The number of nitrogens with zero attached hydrogens (tertiary/aromatic N) is 1. The van der Waals surface area contributed by atoms with Crippen LogP contribution in [0.3, 0.4) is 0 Å². The number of aliphatic hydroxyl groups excluding tert-OH is 1. The molecule has 0 radical (unpaired) electrons. The van der Waals surface area contributed by atoms with Crippen LogP contribution in [0.5, 0.6) is 5.75 Å². The van der Waals surface area contributed by atoms with Gasteiger partial charge in [-0.05, 0) is 55.7 Å². The van der Waals surface area contributed by atoms with E-state index in [0.717, 1.165) is 37.7 Å². The lowest BCUT2D eigenvalue weighted by atomic mass is 9.74. The average Bonchev–Trinajstić information content (AvgIpc) is 3.09. The first-order valence-electron chi connectivity index (χ1n) is 8.44. The molecule has 1 aromatic rings. The first-order valence-corrected chi connectivity index (χ1v) is 8.44. The van der Waals surface area contributed by atoms with E-state index in [1.807, 2.05) is 0 Å². The van der Waals surface area contributed by atoms with Crippen LogP contribution in [-0.4, -0.2) is 35.3 Å². The smallest absolute Gasteiger partial charge is 0.119 e. The van der Waals surface area contributed by atoms with Gasteiger partial charge >= 0.3 is 0 Å². The SMILES string of the molecule is O[C@H]1C[C@@H]2CN(Cc3ccc(OC4CCCC4)cc3)C[C@@H]21. The van der Waals surface area contributed by atoms with Crippen LogP contribution in [0.15, 0.2) is 24.3 Å². The van der Waals surface area contributed by atoms with E-state index in [1.165, 1.54) is 31.2 Å². The van der Waals surface area contributed by atoms with Crippen LogP contribution < -0.4 is 4.74 Å². The molecule has 0 amide bonds. The first-order chi connectivity index (χ1) is 10.3. The van der Waals surface area contributed by atoms with Gasteiger partial charge in [0.05, 0.1) is 12.2 Å². The largest absolute Gasteiger partial charge is 0.490 e. The monoisotopic (exact) mass is 287 g/mol. The highest BCUT2D eigenvalue weighted by molar-refractivity contribution is 5.27. The Morgan fingerprint density at radius 2 is 1.86 bits per heavy atom. The van der Waals surface area contributed by atoms with E-state index in [9.17, 15) is 5.11 Å². The molecule has 3 atom stereocenters. The minimum Gasteiger partial charge on any atom is -0.490 e. The fraction of sp³-hybridized carbons (Fsp3) is 0.667. The third-order valence-corrected chi connectivity index (χ3v) is 5.54. The average molecular weight is 287 g/mol. The molecule has 1 aromatic carbocycles. The Morgan fingerprint density at radius 1 is 1.10 bits per heavy atom. The van der Waals surface area contributed by atoms with Crippen molar-refractivity contribution in [3.8, 4) is 5.75 Å². The van der Waals surface area contributed by atoms with Crippen LogP contribution in [-0.2, 0) is 6.54 Å². The minimum atomic E-state index is -0.0396. The molecule has 0 aromatic heterocycles. The lowest BCUT2D eigenvalue weighted by Gasteiger charge is -2.35. The first kappa shape index (κ1) is 13.6. The number of hydrogen-bond acceptors (Lipinski definition) is 3. The number of ether oxygens (including phenoxy) is 1. The predicted molar refractivity (Wildman–Crippen MR) is 82.2 cm³/mol. The van der Waals surface area contributed by atoms with E-state index in [-0.39, 0.29) is 6.10 Å². The molecule has 1 aliphatic heterocycles. The van der Waals surface area contributed by atoms with Gasteiger partial charge in [-0.1, -0.05) is 12.1 Å². The minimum absolute atomic E-state index is 0.0396. The molecule has 2 aliphatic carbocycles. The zero-order valence-electron chi connectivity index (χ0n) is 12.6. The molecule has 3 aliphatic rings. The molecule has 4 rings (SSSR count). The second kappa shape index (κ2) is 5.62. The summed E-state index contributed by atoms with van der Waals surface area (Å²) < 4.78 is 6.01. The number of fused-ring (bicyclic) bond motifs is 1. The topological polar surface area (TPSA) is 32.7 Å². The molecule has 1 N–H and O–H groups in total. The van der Waals surface area contributed by atoms with Crippen LogP contribution >= 0.6 is 0 Å². The van der Waals surface area contributed by atoms with Gasteiger partial charge in [0.25, 0.3) is 0 Å². The van der Waals surface area contributed by atoms with Gasteiger partial charge < -0.3 is 9.84 Å². The summed E-state index contributed by atoms with van der Waals surface area (Å²) in [5.41, 5.74) is 1.35. The van der Waals surface area contributed by atoms with Crippen LogP contribution in [0, 0.1) is 11.8 Å². The Morgan fingerprint density at radius 3 is 2.52 bits per heavy atom. The Kier molecular flexibility index (Phi) is 3.64. The predicted octanol–water partition coefficient (Wildman–Crippen LogP) is 2.82. The van der Waals surface area contributed by atoms with Crippen molar-refractivity contribution in [3.05, 3.63) is 29.8 Å². The molecule has 0 bridgehead atoms. The van der Waals surface area contributed by atoms with Crippen LogP contribution in [0.2, 0.25) is 0 Å². The van der Waals surface area contributed by atoms with Gasteiger partial charge in [0.2, 0.25) is 0 Å². The molecule has 0 spiro atoms. The number of benzene rings is 1. The third-order valence-electron chi connectivity index (χ3n) is 5.54. The summed E-state index contributed by atoms with van der Waals surface area (Å²) >= 11 is 0. The number of hydrogen-bond donors (Lipinski definition) is 1. The third kappa shape index (κ3) is 2.82. The van der Waals surface area contributed by atoms with Gasteiger partial charge in [0.1, 0.15) is 5.75 Å². The lowest BCUT2D eigenvalue weighted by Crippen LogP contribution is -2.39. The fourth-order valence-electron chi connectivity index (χ4n) is 4.22. The van der Waals surface area contributed by atoms with E-state index < -0.39 is 0 Å². The Hall–Kier alpha value is -1.06. The molecule has 3 fully saturated rings. The maximum Gasteiger partial charge on any atom is 0.119 e. The van der Waals surface area contributed by atoms with E-state index >= 15 is 0 Å². The molecule has 1 saturated heterocycles. The second-order valence-electron chi connectivity index (χ2n) is 7.09. The van der Waals surface area contributed by atoms with Gasteiger partial charge in [-0.15, -0.1) is 0 Å². The molecule has 2 saturated carbocycles. The van der Waals surface area contributed by atoms with Crippen molar-refractivity contribution in [3.63, 3.8) is 0 Å². The van der Waals surface area contributed by atoms with Gasteiger partial charge in [0, 0.05) is 25.6 Å². The molecular formula is C18H25NO2. The molecule has 0 unspecified atom stereocenters. The van der Waals surface area contributed by atoms with E-state index in [4.69, 9.17) is 4.74 Å². The number of likely N-dealkylation sites (tertiary alicyclic amines) is 1. The Labute approximate surface area is 126 Å². The highest BCUT2D eigenvalue weighted by Gasteiger charge is 2.45. The summed E-state index contributed by atoms with van der Waals surface area (Å²) in [7, 11) is 0. The highest BCUT2D eigenvalue weighted by atomic mass is 16.5. The van der Waals surface area contributed by atoms with Crippen molar-refractivity contribution < 1.29 is 9.84 Å². The fourth-order valence-corrected chi connectivity index (χ4v) is 4.22. The molecular weight excluding hydrogens is 262 g/mol. The summed E-state index contributed by atoms with van der Waals surface area (Å²) in [6, 6.07) is 8.63. The molecule has 114 valence electrons. The number of rotatable bonds is 4.